The number of carboxylic acids is 1. The molecule has 4 heteroatoms. The Kier molecular flexibility index (Phi) is 4.54. The van der Waals surface area contributed by atoms with Crippen LogP contribution in [0.4, 0.5) is 4.39 Å². The molecule has 2 nitrogen and oxygen atoms in total. The van der Waals surface area contributed by atoms with Crippen LogP contribution in [0.3, 0.4) is 0 Å². The highest BCUT2D eigenvalue weighted by atomic mass is 35.5. The molecule has 2 aromatic carbocycles. The second-order valence-corrected chi connectivity index (χ2v) is 9.71. The van der Waals surface area contributed by atoms with Gasteiger partial charge in [0.25, 0.3) is 0 Å². The SMILES string of the molecule is O=C(O)/C=C/c1ccc(-c2ccc(F)c(C34CC5CC(CC(C5)C3)C4)c2)c(Cl)c1. The van der Waals surface area contributed by atoms with Gasteiger partial charge in [-0.15, -0.1) is 0 Å². The fourth-order valence-electron chi connectivity index (χ4n) is 6.58. The second kappa shape index (κ2) is 6.98. The number of hydrogen-bond acceptors (Lipinski definition) is 1. The summed E-state index contributed by atoms with van der Waals surface area (Å²) in [5, 5.41) is 9.34. The molecule has 4 aliphatic carbocycles. The Balaban J connectivity index is 1.51. The summed E-state index contributed by atoms with van der Waals surface area (Å²) in [4.78, 5) is 10.7. The highest BCUT2D eigenvalue weighted by molar-refractivity contribution is 6.33. The maximum atomic E-state index is 15.0. The Morgan fingerprint density at radius 3 is 2.28 bits per heavy atom. The zero-order chi connectivity index (χ0) is 20.2. The molecular weight excluding hydrogens is 387 g/mol. The van der Waals surface area contributed by atoms with Gasteiger partial charge in [0.2, 0.25) is 0 Å². The first-order valence-corrected chi connectivity index (χ1v) is 10.8. The summed E-state index contributed by atoms with van der Waals surface area (Å²) in [6.45, 7) is 0. The lowest BCUT2D eigenvalue weighted by Crippen LogP contribution is -2.48. The number of aliphatic carboxylic acids is 1. The number of carbonyl (C=O) groups is 1. The molecule has 0 spiro atoms. The van der Waals surface area contributed by atoms with Crippen molar-refractivity contribution in [1.82, 2.24) is 0 Å². The third-order valence-corrected chi connectivity index (χ3v) is 7.61. The summed E-state index contributed by atoms with van der Waals surface area (Å²) in [6.07, 6.45) is 9.95. The van der Waals surface area contributed by atoms with Crippen LogP contribution in [-0.2, 0) is 10.2 Å². The molecule has 4 aliphatic rings. The molecular formula is C25H24ClFO2. The van der Waals surface area contributed by atoms with Gasteiger partial charge in [-0.2, -0.15) is 0 Å². The summed E-state index contributed by atoms with van der Waals surface area (Å²) in [6, 6.07) is 10.9. The number of carboxylic acid groups (broad SMARTS) is 1. The van der Waals surface area contributed by atoms with E-state index < -0.39 is 5.97 Å². The van der Waals surface area contributed by atoms with Crippen LogP contribution in [0.5, 0.6) is 0 Å². The lowest BCUT2D eigenvalue weighted by molar-refractivity contribution is -0.131. The van der Waals surface area contributed by atoms with Crippen LogP contribution < -0.4 is 0 Å². The molecule has 0 atom stereocenters. The van der Waals surface area contributed by atoms with Crippen LogP contribution in [0.25, 0.3) is 17.2 Å². The maximum absolute atomic E-state index is 15.0. The van der Waals surface area contributed by atoms with E-state index in [1.165, 1.54) is 25.3 Å². The van der Waals surface area contributed by atoms with Crippen LogP contribution in [0.1, 0.15) is 49.7 Å². The first kappa shape index (κ1) is 18.9. The van der Waals surface area contributed by atoms with E-state index in [9.17, 15) is 4.79 Å². The quantitative estimate of drug-likeness (QED) is 0.568. The Morgan fingerprint density at radius 1 is 1.03 bits per heavy atom. The van der Waals surface area contributed by atoms with E-state index in [4.69, 9.17) is 16.7 Å². The first-order valence-electron chi connectivity index (χ1n) is 10.4. The fourth-order valence-corrected chi connectivity index (χ4v) is 6.87. The Labute approximate surface area is 175 Å². The zero-order valence-corrected chi connectivity index (χ0v) is 17.0. The van der Waals surface area contributed by atoms with Gasteiger partial charge in [0.05, 0.1) is 0 Å². The largest absolute Gasteiger partial charge is 0.478 e. The molecule has 0 saturated heterocycles. The zero-order valence-electron chi connectivity index (χ0n) is 16.2. The van der Waals surface area contributed by atoms with Crippen molar-refractivity contribution in [3.8, 4) is 11.1 Å². The van der Waals surface area contributed by atoms with Gasteiger partial charge in [-0.25, -0.2) is 9.18 Å². The van der Waals surface area contributed by atoms with E-state index in [0.717, 1.165) is 65.3 Å². The number of hydrogen-bond donors (Lipinski definition) is 1. The van der Waals surface area contributed by atoms with Crippen LogP contribution in [-0.4, -0.2) is 11.1 Å². The minimum absolute atomic E-state index is 0.00845. The van der Waals surface area contributed by atoms with Crippen molar-refractivity contribution in [2.24, 2.45) is 17.8 Å². The predicted molar refractivity (Wildman–Crippen MR) is 113 cm³/mol. The smallest absolute Gasteiger partial charge is 0.328 e. The molecule has 29 heavy (non-hydrogen) atoms. The monoisotopic (exact) mass is 410 g/mol. The van der Waals surface area contributed by atoms with E-state index in [0.29, 0.717) is 5.02 Å². The van der Waals surface area contributed by atoms with Gasteiger partial charge in [-0.3, -0.25) is 0 Å². The predicted octanol–water partition coefficient (Wildman–Crippen LogP) is 6.71. The van der Waals surface area contributed by atoms with Gasteiger partial charge in [-0.1, -0.05) is 29.8 Å². The van der Waals surface area contributed by atoms with Gasteiger partial charge in [0.1, 0.15) is 5.82 Å². The molecule has 4 fully saturated rings. The number of halogens is 2. The second-order valence-electron chi connectivity index (χ2n) is 9.30. The molecule has 4 bridgehead atoms. The summed E-state index contributed by atoms with van der Waals surface area (Å²) in [7, 11) is 0. The molecule has 2 aromatic rings. The lowest BCUT2D eigenvalue weighted by atomic mass is 9.48. The van der Waals surface area contributed by atoms with Crippen LogP contribution >= 0.6 is 11.6 Å². The average molecular weight is 411 g/mol. The molecule has 4 saturated carbocycles. The van der Waals surface area contributed by atoms with E-state index in [-0.39, 0.29) is 11.2 Å². The van der Waals surface area contributed by atoms with Crippen molar-refractivity contribution >= 4 is 23.6 Å². The molecule has 0 aliphatic heterocycles. The maximum Gasteiger partial charge on any atom is 0.328 e. The normalized spacial score (nSPS) is 30.2. The van der Waals surface area contributed by atoms with Crippen molar-refractivity contribution in [2.45, 2.75) is 43.9 Å². The molecule has 6 rings (SSSR count). The summed E-state index contributed by atoms with van der Waals surface area (Å²) in [5.41, 5.74) is 3.37. The summed E-state index contributed by atoms with van der Waals surface area (Å²) < 4.78 is 15.0. The summed E-state index contributed by atoms with van der Waals surface area (Å²) >= 11 is 6.52. The van der Waals surface area contributed by atoms with Gasteiger partial charge < -0.3 is 5.11 Å². The minimum atomic E-state index is -0.996. The van der Waals surface area contributed by atoms with Crippen molar-refractivity contribution in [3.63, 3.8) is 0 Å². The fraction of sp³-hybridized carbons (Fsp3) is 0.400. The van der Waals surface area contributed by atoms with Crippen LogP contribution in [0, 0.1) is 23.6 Å². The van der Waals surface area contributed by atoms with E-state index in [2.05, 4.69) is 0 Å². The molecule has 1 N–H and O–H groups in total. The molecule has 0 heterocycles. The van der Waals surface area contributed by atoms with Crippen molar-refractivity contribution in [2.75, 3.05) is 0 Å². The van der Waals surface area contributed by atoms with Crippen LogP contribution in [0.15, 0.2) is 42.5 Å². The van der Waals surface area contributed by atoms with Gasteiger partial charge >= 0.3 is 5.97 Å². The number of benzene rings is 2. The first-order chi connectivity index (χ1) is 13.9. The van der Waals surface area contributed by atoms with Crippen molar-refractivity contribution in [1.29, 1.82) is 0 Å². The highest BCUT2D eigenvalue weighted by Crippen LogP contribution is 2.61. The lowest BCUT2D eigenvalue weighted by Gasteiger charge is -2.57. The molecule has 0 unspecified atom stereocenters. The number of rotatable bonds is 4. The van der Waals surface area contributed by atoms with Crippen molar-refractivity contribution < 1.29 is 14.3 Å². The Hall–Kier alpha value is -2.13. The molecule has 150 valence electrons. The Morgan fingerprint density at radius 2 is 1.69 bits per heavy atom. The van der Waals surface area contributed by atoms with E-state index in [1.807, 2.05) is 18.2 Å². The third-order valence-electron chi connectivity index (χ3n) is 7.30. The standard InChI is InChI=1S/C25H24ClFO2/c26-22-10-15(2-6-24(28)29)1-4-20(22)19-3-5-23(27)21(11-19)25-12-16-7-17(13-25)9-18(8-16)14-25/h1-6,10-11,16-18H,7-9,12-14H2,(H,28,29)/b6-2+. The van der Waals surface area contributed by atoms with Gasteiger partial charge in [0, 0.05) is 16.7 Å². The average Bonchev–Trinajstić information content (AvgIpc) is 2.66. The van der Waals surface area contributed by atoms with E-state index in [1.54, 1.807) is 18.2 Å². The molecule has 0 amide bonds. The van der Waals surface area contributed by atoms with Gasteiger partial charge in [-0.05, 0) is 103 Å². The molecule has 0 aromatic heterocycles. The summed E-state index contributed by atoms with van der Waals surface area (Å²) in [5.74, 6) is 1.19. The molecule has 0 radical (unpaired) electrons. The highest BCUT2D eigenvalue weighted by Gasteiger charge is 2.52. The third kappa shape index (κ3) is 3.40. The van der Waals surface area contributed by atoms with E-state index >= 15 is 4.39 Å². The van der Waals surface area contributed by atoms with Crippen molar-refractivity contribution in [3.05, 3.63) is 64.4 Å². The topological polar surface area (TPSA) is 37.3 Å². The Bertz CT molecular complexity index is 975. The van der Waals surface area contributed by atoms with Crippen LogP contribution in [0.2, 0.25) is 5.02 Å². The van der Waals surface area contributed by atoms with Gasteiger partial charge in [0.15, 0.2) is 0 Å². The minimum Gasteiger partial charge on any atom is -0.478 e.